The summed E-state index contributed by atoms with van der Waals surface area (Å²) in [6.45, 7) is 1.67. The zero-order chi connectivity index (χ0) is 14.1. The van der Waals surface area contributed by atoms with Crippen LogP contribution >= 0.6 is 0 Å². The van der Waals surface area contributed by atoms with E-state index >= 15 is 0 Å². The molecule has 1 aliphatic rings. The number of aromatic amines is 1. The predicted molar refractivity (Wildman–Crippen MR) is 75.0 cm³/mol. The van der Waals surface area contributed by atoms with E-state index in [0.29, 0.717) is 22.7 Å². The lowest BCUT2D eigenvalue weighted by molar-refractivity contribution is -0.384. The lowest BCUT2D eigenvalue weighted by Crippen LogP contribution is -2.36. The number of benzene rings is 1. The first-order chi connectivity index (χ1) is 9.65. The molecule has 1 aliphatic heterocycles. The van der Waals surface area contributed by atoms with E-state index in [1.54, 1.807) is 6.07 Å². The second-order valence-corrected chi connectivity index (χ2v) is 6.41. The van der Waals surface area contributed by atoms with Gasteiger partial charge in [-0.2, -0.15) is 0 Å². The van der Waals surface area contributed by atoms with Gasteiger partial charge in [0.05, 0.1) is 32.0 Å². The Morgan fingerprint density at radius 3 is 3.00 bits per heavy atom. The quantitative estimate of drug-likeness (QED) is 0.657. The Labute approximate surface area is 117 Å². The maximum atomic E-state index is 12.4. The Balaban J connectivity index is 1.92. The zero-order valence-electron chi connectivity index (χ0n) is 10.7. The number of H-pyrrole nitrogens is 1. The fourth-order valence-corrected chi connectivity index (χ4v) is 3.71. The number of nitrogens with zero attached hydrogens (tertiary/aromatic N) is 2. The van der Waals surface area contributed by atoms with E-state index < -0.39 is 15.7 Å². The molecule has 1 aromatic carbocycles. The molecule has 2 heterocycles. The van der Waals surface area contributed by atoms with E-state index in [2.05, 4.69) is 15.3 Å². The summed E-state index contributed by atoms with van der Waals surface area (Å²) in [4.78, 5) is 17.5. The number of hydrogen-bond acceptors (Lipinski definition) is 5. The average Bonchev–Trinajstić information content (AvgIpc) is 2.90. The Morgan fingerprint density at radius 1 is 1.45 bits per heavy atom. The molecular formula is C12H14N4O3S. The van der Waals surface area contributed by atoms with E-state index in [9.17, 15) is 14.3 Å². The molecule has 0 aliphatic carbocycles. The number of fused-ring (bicyclic) bond motifs is 1. The third kappa shape index (κ3) is 2.44. The van der Waals surface area contributed by atoms with Crippen LogP contribution in [0.15, 0.2) is 23.4 Å². The fraction of sp³-hybridized carbons (Fsp3) is 0.417. The molecule has 0 radical (unpaired) electrons. The van der Waals surface area contributed by atoms with Gasteiger partial charge in [-0.3, -0.25) is 14.3 Å². The second-order valence-electron chi connectivity index (χ2n) is 4.77. The predicted octanol–water partition coefficient (Wildman–Crippen LogP) is 1.33. The number of piperidine rings is 1. The number of nitro groups is 1. The molecule has 20 heavy (non-hydrogen) atoms. The van der Waals surface area contributed by atoms with Gasteiger partial charge < -0.3 is 10.3 Å². The van der Waals surface area contributed by atoms with Crippen LogP contribution in [0.25, 0.3) is 11.0 Å². The molecule has 7 nitrogen and oxygen atoms in total. The van der Waals surface area contributed by atoms with Gasteiger partial charge in [-0.05, 0) is 25.5 Å². The van der Waals surface area contributed by atoms with Crippen molar-refractivity contribution in [3.63, 3.8) is 0 Å². The third-order valence-corrected chi connectivity index (χ3v) is 4.98. The molecule has 1 fully saturated rings. The lowest BCUT2D eigenvalue weighted by atomic mass is 10.2. The average molecular weight is 294 g/mol. The Hall–Kier alpha value is -1.80. The summed E-state index contributed by atoms with van der Waals surface area (Å²) in [7, 11) is -1.22. The maximum absolute atomic E-state index is 12.4. The number of imidazole rings is 1. The highest BCUT2D eigenvalue weighted by molar-refractivity contribution is 7.85. The highest BCUT2D eigenvalue weighted by Gasteiger charge is 2.23. The molecule has 3 rings (SSSR count). The van der Waals surface area contributed by atoms with Gasteiger partial charge in [-0.15, -0.1) is 0 Å². The van der Waals surface area contributed by atoms with Crippen LogP contribution in [-0.4, -0.2) is 37.4 Å². The molecule has 1 aromatic heterocycles. The van der Waals surface area contributed by atoms with Crippen molar-refractivity contribution >= 4 is 27.5 Å². The van der Waals surface area contributed by atoms with Crippen LogP contribution in [0, 0.1) is 10.1 Å². The molecule has 2 aromatic rings. The maximum Gasteiger partial charge on any atom is 0.271 e. The second kappa shape index (κ2) is 5.29. The van der Waals surface area contributed by atoms with Crippen LogP contribution in [-0.2, 0) is 10.8 Å². The number of hydrogen-bond donors (Lipinski definition) is 2. The summed E-state index contributed by atoms with van der Waals surface area (Å²) in [5, 5.41) is 14.4. The summed E-state index contributed by atoms with van der Waals surface area (Å²) in [6, 6.07) is 4.39. The van der Waals surface area contributed by atoms with E-state index in [0.717, 1.165) is 19.4 Å². The van der Waals surface area contributed by atoms with Crippen molar-refractivity contribution in [2.75, 3.05) is 13.1 Å². The van der Waals surface area contributed by atoms with Crippen LogP contribution in [0.3, 0.4) is 0 Å². The van der Waals surface area contributed by atoms with Crippen LogP contribution < -0.4 is 5.32 Å². The highest BCUT2D eigenvalue weighted by Crippen LogP contribution is 2.22. The molecule has 1 saturated heterocycles. The van der Waals surface area contributed by atoms with Crippen molar-refractivity contribution in [1.82, 2.24) is 15.3 Å². The number of aromatic nitrogens is 2. The molecule has 0 bridgehead atoms. The molecule has 8 heteroatoms. The summed E-state index contributed by atoms with van der Waals surface area (Å²) < 4.78 is 12.4. The largest absolute Gasteiger partial charge is 0.331 e. The van der Waals surface area contributed by atoms with Gasteiger partial charge in [0.2, 0.25) is 0 Å². The van der Waals surface area contributed by atoms with Gasteiger partial charge in [0, 0.05) is 18.7 Å². The summed E-state index contributed by atoms with van der Waals surface area (Å²) >= 11 is 0. The number of rotatable bonds is 3. The van der Waals surface area contributed by atoms with E-state index in [4.69, 9.17) is 0 Å². The normalized spacial score (nSPS) is 20.9. The van der Waals surface area contributed by atoms with Crippen LogP contribution in [0.5, 0.6) is 0 Å². The van der Waals surface area contributed by atoms with Gasteiger partial charge >= 0.3 is 0 Å². The smallest absolute Gasteiger partial charge is 0.271 e. The van der Waals surface area contributed by atoms with Gasteiger partial charge in [-0.25, -0.2) is 4.98 Å². The monoisotopic (exact) mass is 294 g/mol. The summed E-state index contributed by atoms with van der Waals surface area (Å²) in [6.07, 6.45) is 1.90. The van der Waals surface area contributed by atoms with Gasteiger partial charge in [0.25, 0.3) is 5.69 Å². The first kappa shape index (κ1) is 13.2. The van der Waals surface area contributed by atoms with E-state index in [1.165, 1.54) is 12.1 Å². The van der Waals surface area contributed by atoms with E-state index in [1.807, 2.05) is 0 Å². The molecule has 106 valence electrons. The minimum absolute atomic E-state index is 0.00202. The standard InChI is InChI=1S/C12H14N4O3S/c17-16(18)8-3-4-10-11(6-8)15-12(14-10)20(19)9-2-1-5-13-7-9/h3-4,6,9,13H,1-2,5,7H2,(H,14,15)/t9-,20+/m0/s1. The van der Waals surface area contributed by atoms with Crippen molar-refractivity contribution in [1.29, 1.82) is 0 Å². The molecule has 0 unspecified atom stereocenters. The fourth-order valence-electron chi connectivity index (χ4n) is 2.34. The third-order valence-electron chi connectivity index (χ3n) is 3.40. The minimum atomic E-state index is -1.22. The molecule has 2 N–H and O–H groups in total. The van der Waals surface area contributed by atoms with Crippen molar-refractivity contribution < 1.29 is 9.13 Å². The van der Waals surface area contributed by atoms with E-state index in [-0.39, 0.29) is 10.9 Å². The van der Waals surface area contributed by atoms with Gasteiger partial charge in [-0.1, -0.05) is 0 Å². The Bertz CT molecular complexity index is 678. The number of nitrogens with one attached hydrogen (secondary N) is 2. The first-order valence-electron chi connectivity index (χ1n) is 6.40. The van der Waals surface area contributed by atoms with Crippen molar-refractivity contribution in [3.8, 4) is 0 Å². The SMILES string of the molecule is O=[N+]([O-])c1ccc2nc([S@](=O)[C@H]3CCCNC3)[nH]c2c1. The minimum Gasteiger partial charge on any atom is -0.331 e. The number of nitro benzene ring substituents is 1. The topological polar surface area (TPSA) is 101 Å². The molecular weight excluding hydrogens is 280 g/mol. The highest BCUT2D eigenvalue weighted by atomic mass is 32.2. The summed E-state index contributed by atoms with van der Waals surface area (Å²) in [5.74, 6) is 0. The van der Waals surface area contributed by atoms with Crippen molar-refractivity contribution in [2.45, 2.75) is 23.2 Å². The first-order valence-corrected chi connectivity index (χ1v) is 7.62. The molecule has 0 saturated carbocycles. The van der Waals surface area contributed by atoms with Crippen molar-refractivity contribution in [3.05, 3.63) is 28.3 Å². The zero-order valence-corrected chi connectivity index (χ0v) is 11.5. The van der Waals surface area contributed by atoms with Crippen LogP contribution in [0.1, 0.15) is 12.8 Å². The van der Waals surface area contributed by atoms with Crippen LogP contribution in [0.2, 0.25) is 0 Å². The molecule has 2 atom stereocenters. The lowest BCUT2D eigenvalue weighted by Gasteiger charge is -2.20. The Kier molecular flexibility index (Phi) is 3.49. The Morgan fingerprint density at radius 2 is 2.30 bits per heavy atom. The molecule has 0 amide bonds. The van der Waals surface area contributed by atoms with Gasteiger partial charge in [0.15, 0.2) is 5.16 Å². The van der Waals surface area contributed by atoms with Crippen LogP contribution in [0.4, 0.5) is 5.69 Å². The van der Waals surface area contributed by atoms with Crippen molar-refractivity contribution in [2.24, 2.45) is 0 Å². The number of non-ortho nitro benzene ring substituents is 1. The van der Waals surface area contributed by atoms with Gasteiger partial charge in [0.1, 0.15) is 0 Å². The molecule has 0 spiro atoms. The summed E-state index contributed by atoms with van der Waals surface area (Å²) in [5.41, 5.74) is 1.15.